The number of aromatic hydroxyl groups is 1. The molecule has 5 heteroatoms. The molecule has 3 rings (SSSR count). The first-order valence-corrected chi connectivity index (χ1v) is 7.39. The molecule has 1 heterocycles. The van der Waals surface area contributed by atoms with Gasteiger partial charge in [-0.1, -0.05) is 24.3 Å². The van der Waals surface area contributed by atoms with E-state index in [9.17, 15) is 9.90 Å². The number of hydrogen-bond donors (Lipinski definition) is 2. The van der Waals surface area contributed by atoms with Crippen LogP contribution in [-0.4, -0.2) is 27.7 Å². The summed E-state index contributed by atoms with van der Waals surface area (Å²) in [6.07, 6.45) is 1.96. The summed E-state index contributed by atoms with van der Waals surface area (Å²) in [7, 11) is 3.67. The van der Waals surface area contributed by atoms with Gasteiger partial charge in [-0.15, -0.1) is 0 Å². The molecule has 0 spiro atoms. The van der Waals surface area contributed by atoms with Crippen molar-refractivity contribution in [1.82, 2.24) is 9.47 Å². The number of aryl methyl sites for hydroxylation is 1. The first kappa shape index (κ1) is 15.0. The number of fused-ring (bicyclic) bond motifs is 1. The average Bonchev–Trinajstić information content (AvgIpc) is 2.92. The quantitative estimate of drug-likeness (QED) is 0.777. The second-order valence-electron chi connectivity index (χ2n) is 5.58. The van der Waals surface area contributed by atoms with Crippen LogP contribution in [0.3, 0.4) is 0 Å². The first-order chi connectivity index (χ1) is 11.1. The zero-order valence-electron chi connectivity index (χ0n) is 13.2. The van der Waals surface area contributed by atoms with Crippen molar-refractivity contribution in [2.75, 3.05) is 12.4 Å². The maximum Gasteiger partial charge on any atom is 0.321 e. The molecular weight excluding hydrogens is 290 g/mol. The van der Waals surface area contributed by atoms with Gasteiger partial charge >= 0.3 is 6.03 Å². The van der Waals surface area contributed by atoms with Crippen molar-refractivity contribution in [3.63, 3.8) is 0 Å². The van der Waals surface area contributed by atoms with Crippen molar-refractivity contribution in [3.05, 3.63) is 60.3 Å². The highest BCUT2D eigenvalue weighted by molar-refractivity contribution is 6.00. The maximum atomic E-state index is 12.4. The van der Waals surface area contributed by atoms with Crippen molar-refractivity contribution in [2.24, 2.45) is 7.05 Å². The lowest BCUT2D eigenvalue weighted by molar-refractivity contribution is 0.220. The van der Waals surface area contributed by atoms with Crippen LogP contribution in [-0.2, 0) is 13.6 Å². The molecule has 0 unspecified atom stereocenters. The summed E-state index contributed by atoms with van der Waals surface area (Å²) in [4.78, 5) is 13.9. The van der Waals surface area contributed by atoms with Gasteiger partial charge in [0.1, 0.15) is 5.75 Å². The number of phenols is 1. The molecule has 0 aliphatic heterocycles. The van der Waals surface area contributed by atoms with E-state index in [-0.39, 0.29) is 11.8 Å². The third-order valence-corrected chi connectivity index (χ3v) is 3.92. The van der Waals surface area contributed by atoms with Crippen LogP contribution in [0.5, 0.6) is 5.75 Å². The summed E-state index contributed by atoms with van der Waals surface area (Å²) >= 11 is 0. The molecule has 0 aliphatic carbocycles. The molecule has 0 atom stereocenters. The van der Waals surface area contributed by atoms with Crippen LogP contribution in [0.2, 0.25) is 0 Å². The number of para-hydroxylation sites is 1. The summed E-state index contributed by atoms with van der Waals surface area (Å²) in [5, 5.41) is 13.7. The first-order valence-electron chi connectivity index (χ1n) is 7.39. The predicted molar refractivity (Wildman–Crippen MR) is 91.5 cm³/mol. The lowest BCUT2D eigenvalue weighted by Gasteiger charge is -2.19. The van der Waals surface area contributed by atoms with Gasteiger partial charge in [0.2, 0.25) is 0 Å². The molecular formula is C18H19N3O2. The molecule has 23 heavy (non-hydrogen) atoms. The van der Waals surface area contributed by atoms with Gasteiger partial charge in [0.05, 0.1) is 12.2 Å². The van der Waals surface area contributed by atoms with Gasteiger partial charge in [-0.05, 0) is 24.3 Å². The van der Waals surface area contributed by atoms with E-state index in [0.717, 1.165) is 16.6 Å². The molecule has 0 aliphatic rings. The number of phenolic OH excluding ortho intramolecular Hbond substituents is 1. The van der Waals surface area contributed by atoms with E-state index in [1.165, 1.54) is 4.90 Å². The molecule has 0 fully saturated rings. The second-order valence-corrected chi connectivity index (χ2v) is 5.58. The molecule has 0 saturated carbocycles. The molecule has 0 radical (unpaired) electrons. The molecule has 2 N–H and O–H groups in total. The number of carbonyl (C=O) groups excluding carboxylic acids is 1. The number of hydrogen-bond acceptors (Lipinski definition) is 2. The molecule has 2 aromatic carbocycles. The minimum atomic E-state index is -0.218. The van der Waals surface area contributed by atoms with E-state index in [1.54, 1.807) is 25.2 Å². The standard InChI is InChI=1S/C18H19N3O2/c1-20-11-10-14-15(7-5-8-16(14)20)19-18(23)21(2)12-13-6-3-4-9-17(13)22/h3-11,22H,12H2,1-2H3,(H,19,23). The summed E-state index contributed by atoms with van der Waals surface area (Å²) in [5.74, 6) is 0.192. The fourth-order valence-corrected chi connectivity index (χ4v) is 2.59. The van der Waals surface area contributed by atoms with E-state index >= 15 is 0 Å². The Morgan fingerprint density at radius 1 is 1.17 bits per heavy atom. The fourth-order valence-electron chi connectivity index (χ4n) is 2.59. The topological polar surface area (TPSA) is 57.5 Å². The van der Waals surface area contributed by atoms with E-state index in [4.69, 9.17) is 0 Å². The second kappa shape index (κ2) is 6.04. The summed E-state index contributed by atoms with van der Waals surface area (Å²) in [5.41, 5.74) is 2.55. The molecule has 2 amide bonds. The van der Waals surface area contributed by atoms with Crippen LogP contribution >= 0.6 is 0 Å². The van der Waals surface area contributed by atoms with Crippen LogP contribution in [0.15, 0.2) is 54.7 Å². The van der Waals surface area contributed by atoms with Crippen molar-refractivity contribution in [3.8, 4) is 5.75 Å². The predicted octanol–water partition coefficient (Wildman–Crippen LogP) is 3.55. The number of carbonyl (C=O) groups is 1. The van der Waals surface area contributed by atoms with E-state index < -0.39 is 0 Å². The molecule has 0 saturated heterocycles. The van der Waals surface area contributed by atoms with Gasteiger partial charge in [-0.25, -0.2) is 4.79 Å². The van der Waals surface area contributed by atoms with E-state index in [2.05, 4.69) is 5.32 Å². The summed E-state index contributed by atoms with van der Waals surface area (Å²) in [6, 6.07) is 14.6. The van der Waals surface area contributed by atoms with Gasteiger partial charge in [-0.3, -0.25) is 0 Å². The molecule has 0 bridgehead atoms. The van der Waals surface area contributed by atoms with Crippen LogP contribution in [0.1, 0.15) is 5.56 Å². The van der Waals surface area contributed by atoms with Crippen molar-refractivity contribution >= 4 is 22.6 Å². The zero-order valence-corrected chi connectivity index (χ0v) is 13.2. The summed E-state index contributed by atoms with van der Waals surface area (Å²) in [6.45, 7) is 0.337. The van der Waals surface area contributed by atoms with Crippen LogP contribution in [0, 0.1) is 0 Å². The minimum Gasteiger partial charge on any atom is -0.508 e. The third-order valence-electron chi connectivity index (χ3n) is 3.92. The molecule has 1 aromatic heterocycles. The van der Waals surface area contributed by atoms with Gasteiger partial charge in [-0.2, -0.15) is 0 Å². The number of anilines is 1. The Balaban J connectivity index is 1.77. The Kier molecular flexibility index (Phi) is 3.93. The SMILES string of the molecule is CN(Cc1ccccc1O)C(=O)Nc1cccc2c1ccn2C. The number of aromatic nitrogens is 1. The van der Waals surface area contributed by atoms with Crippen LogP contribution < -0.4 is 5.32 Å². The Labute approximate surface area is 134 Å². The van der Waals surface area contributed by atoms with Crippen LogP contribution in [0.4, 0.5) is 10.5 Å². The Morgan fingerprint density at radius 2 is 1.96 bits per heavy atom. The third kappa shape index (κ3) is 2.99. The normalized spacial score (nSPS) is 10.7. The van der Waals surface area contributed by atoms with Crippen molar-refractivity contribution in [1.29, 1.82) is 0 Å². The molecule has 5 nitrogen and oxygen atoms in total. The van der Waals surface area contributed by atoms with E-state index in [1.807, 2.05) is 48.1 Å². The Bertz CT molecular complexity index is 854. The largest absolute Gasteiger partial charge is 0.508 e. The van der Waals surface area contributed by atoms with Gasteiger partial charge in [0, 0.05) is 36.8 Å². The van der Waals surface area contributed by atoms with Crippen molar-refractivity contribution < 1.29 is 9.90 Å². The molecule has 118 valence electrons. The highest BCUT2D eigenvalue weighted by Crippen LogP contribution is 2.24. The number of rotatable bonds is 3. The average molecular weight is 309 g/mol. The monoisotopic (exact) mass is 309 g/mol. The number of urea groups is 1. The van der Waals surface area contributed by atoms with E-state index in [0.29, 0.717) is 12.1 Å². The van der Waals surface area contributed by atoms with Crippen molar-refractivity contribution in [2.45, 2.75) is 6.54 Å². The number of nitrogens with zero attached hydrogens (tertiary/aromatic N) is 2. The summed E-state index contributed by atoms with van der Waals surface area (Å²) < 4.78 is 2.01. The lowest BCUT2D eigenvalue weighted by atomic mass is 10.2. The highest BCUT2D eigenvalue weighted by Gasteiger charge is 2.13. The highest BCUT2D eigenvalue weighted by atomic mass is 16.3. The zero-order chi connectivity index (χ0) is 16.4. The smallest absolute Gasteiger partial charge is 0.321 e. The number of nitrogens with one attached hydrogen (secondary N) is 1. The lowest BCUT2D eigenvalue weighted by Crippen LogP contribution is -2.30. The number of amides is 2. The van der Waals surface area contributed by atoms with Gasteiger partial charge in [0.25, 0.3) is 0 Å². The molecule has 3 aromatic rings. The van der Waals surface area contributed by atoms with Gasteiger partial charge < -0.3 is 19.9 Å². The Morgan fingerprint density at radius 3 is 2.74 bits per heavy atom. The Hall–Kier alpha value is -2.95. The van der Waals surface area contributed by atoms with Gasteiger partial charge in [0.15, 0.2) is 0 Å². The maximum absolute atomic E-state index is 12.4. The number of benzene rings is 2. The fraction of sp³-hybridized carbons (Fsp3) is 0.167. The van der Waals surface area contributed by atoms with Crippen LogP contribution in [0.25, 0.3) is 10.9 Å². The minimum absolute atomic E-state index is 0.192.